The molecule has 0 aliphatic carbocycles. The number of pyridine rings is 1. The van der Waals surface area contributed by atoms with E-state index in [2.05, 4.69) is 10.1 Å². The van der Waals surface area contributed by atoms with Crippen molar-refractivity contribution in [1.29, 1.82) is 0 Å². The van der Waals surface area contributed by atoms with E-state index >= 15 is 0 Å². The Kier molecular flexibility index (Phi) is 4.78. The first kappa shape index (κ1) is 18.5. The third-order valence-corrected chi connectivity index (χ3v) is 4.79. The first-order chi connectivity index (χ1) is 13.4. The van der Waals surface area contributed by atoms with Crippen molar-refractivity contribution >= 4 is 34.8 Å². The van der Waals surface area contributed by atoms with Crippen molar-refractivity contribution in [2.24, 2.45) is 0 Å². The standard InChI is InChI=1S/C19H16Cl2N6O/c1-25(2)19(28)18-22-11-23-27(18)10-15-17(12-3-5-13(20)6-4-12)24-16-8-7-14(21)9-26(15)16/h3-9,11H,10H2,1-2H3. The summed E-state index contributed by atoms with van der Waals surface area (Å²) in [4.78, 5) is 22.7. The van der Waals surface area contributed by atoms with Gasteiger partial charge >= 0.3 is 0 Å². The van der Waals surface area contributed by atoms with Crippen LogP contribution < -0.4 is 0 Å². The van der Waals surface area contributed by atoms with Crippen LogP contribution >= 0.6 is 23.2 Å². The zero-order valence-corrected chi connectivity index (χ0v) is 16.7. The second kappa shape index (κ2) is 7.26. The van der Waals surface area contributed by atoms with Crippen LogP contribution in [0.25, 0.3) is 16.9 Å². The minimum atomic E-state index is -0.225. The topological polar surface area (TPSA) is 68.3 Å². The van der Waals surface area contributed by atoms with Crippen LogP contribution in [0, 0.1) is 0 Å². The number of carbonyl (C=O) groups is 1. The molecule has 0 radical (unpaired) electrons. The highest BCUT2D eigenvalue weighted by atomic mass is 35.5. The quantitative estimate of drug-likeness (QED) is 0.510. The van der Waals surface area contributed by atoms with Crippen molar-refractivity contribution in [3.05, 3.63) is 70.5 Å². The molecule has 0 saturated heterocycles. The number of nitrogens with zero attached hydrogens (tertiary/aromatic N) is 6. The first-order valence-corrected chi connectivity index (χ1v) is 9.21. The van der Waals surface area contributed by atoms with Gasteiger partial charge in [-0.15, -0.1) is 0 Å². The molecule has 7 nitrogen and oxygen atoms in total. The molecule has 0 unspecified atom stereocenters. The smallest absolute Gasteiger partial charge is 0.290 e. The van der Waals surface area contributed by atoms with Gasteiger partial charge in [0.2, 0.25) is 5.82 Å². The van der Waals surface area contributed by atoms with Crippen LogP contribution in [0.1, 0.15) is 16.3 Å². The van der Waals surface area contributed by atoms with Crippen molar-refractivity contribution in [1.82, 2.24) is 29.0 Å². The van der Waals surface area contributed by atoms with Crippen molar-refractivity contribution in [3.63, 3.8) is 0 Å². The zero-order chi connectivity index (χ0) is 19.8. The first-order valence-electron chi connectivity index (χ1n) is 8.46. The van der Waals surface area contributed by atoms with Gasteiger partial charge in [0.05, 0.1) is 23.0 Å². The molecule has 0 saturated carbocycles. The van der Waals surface area contributed by atoms with E-state index < -0.39 is 0 Å². The number of halogens is 2. The van der Waals surface area contributed by atoms with E-state index in [9.17, 15) is 4.79 Å². The fraction of sp³-hybridized carbons (Fsp3) is 0.158. The SMILES string of the molecule is CN(C)C(=O)c1ncnn1Cc1c(-c2ccc(Cl)cc2)nc2ccc(Cl)cn12. The van der Waals surface area contributed by atoms with Gasteiger partial charge in [0.25, 0.3) is 5.91 Å². The van der Waals surface area contributed by atoms with Crippen LogP contribution in [0.15, 0.2) is 48.9 Å². The lowest BCUT2D eigenvalue weighted by atomic mass is 10.1. The second-order valence-electron chi connectivity index (χ2n) is 6.43. The summed E-state index contributed by atoms with van der Waals surface area (Å²) < 4.78 is 3.46. The van der Waals surface area contributed by atoms with Gasteiger partial charge in [0, 0.05) is 30.9 Å². The van der Waals surface area contributed by atoms with Crippen molar-refractivity contribution < 1.29 is 4.79 Å². The Morgan fingerprint density at radius 1 is 1.07 bits per heavy atom. The number of fused-ring (bicyclic) bond motifs is 1. The van der Waals surface area contributed by atoms with E-state index in [4.69, 9.17) is 28.2 Å². The van der Waals surface area contributed by atoms with E-state index in [1.807, 2.05) is 34.7 Å². The Labute approximate surface area is 171 Å². The summed E-state index contributed by atoms with van der Waals surface area (Å²) in [7, 11) is 3.35. The van der Waals surface area contributed by atoms with Crippen LogP contribution in [0.5, 0.6) is 0 Å². The van der Waals surface area contributed by atoms with Crippen LogP contribution in [0.4, 0.5) is 0 Å². The number of rotatable bonds is 4. The molecular weight excluding hydrogens is 399 g/mol. The Hall–Kier alpha value is -2.90. The Morgan fingerprint density at radius 2 is 1.79 bits per heavy atom. The molecule has 28 heavy (non-hydrogen) atoms. The van der Waals surface area contributed by atoms with Crippen LogP contribution in [-0.2, 0) is 6.54 Å². The van der Waals surface area contributed by atoms with E-state index in [1.54, 1.807) is 31.0 Å². The number of hydrogen-bond donors (Lipinski definition) is 0. The van der Waals surface area contributed by atoms with Gasteiger partial charge in [-0.05, 0) is 24.3 Å². The lowest BCUT2D eigenvalue weighted by molar-refractivity contribution is 0.0810. The summed E-state index contributed by atoms with van der Waals surface area (Å²) in [6, 6.07) is 11.1. The van der Waals surface area contributed by atoms with E-state index in [-0.39, 0.29) is 11.7 Å². The molecule has 0 bridgehead atoms. The zero-order valence-electron chi connectivity index (χ0n) is 15.2. The molecule has 1 amide bonds. The summed E-state index contributed by atoms with van der Waals surface area (Å²) >= 11 is 12.2. The van der Waals surface area contributed by atoms with Crippen LogP contribution in [-0.4, -0.2) is 49.1 Å². The van der Waals surface area contributed by atoms with Gasteiger partial charge in [0.15, 0.2) is 0 Å². The average Bonchev–Trinajstić information content (AvgIpc) is 3.27. The largest absolute Gasteiger partial charge is 0.342 e. The van der Waals surface area contributed by atoms with E-state index in [0.29, 0.717) is 16.6 Å². The summed E-state index contributed by atoms with van der Waals surface area (Å²) in [5, 5.41) is 5.46. The van der Waals surface area contributed by atoms with E-state index in [1.165, 1.54) is 11.2 Å². The minimum absolute atomic E-state index is 0.225. The van der Waals surface area contributed by atoms with Crippen molar-refractivity contribution in [3.8, 4) is 11.3 Å². The Balaban J connectivity index is 1.87. The molecule has 1 aromatic carbocycles. The maximum Gasteiger partial charge on any atom is 0.290 e. The second-order valence-corrected chi connectivity index (χ2v) is 7.30. The number of aromatic nitrogens is 5. The molecule has 142 valence electrons. The number of benzene rings is 1. The van der Waals surface area contributed by atoms with Gasteiger partial charge < -0.3 is 4.90 Å². The van der Waals surface area contributed by atoms with Crippen molar-refractivity contribution in [2.75, 3.05) is 14.1 Å². The molecule has 0 aliphatic heterocycles. The van der Waals surface area contributed by atoms with E-state index in [0.717, 1.165) is 22.6 Å². The van der Waals surface area contributed by atoms with Gasteiger partial charge in [-0.25, -0.2) is 14.6 Å². The maximum atomic E-state index is 12.4. The van der Waals surface area contributed by atoms with Crippen molar-refractivity contribution in [2.45, 2.75) is 6.54 Å². The molecule has 0 aliphatic rings. The molecule has 3 heterocycles. The lowest BCUT2D eigenvalue weighted by Crippen LogP contribution is -2.26. The highest BCUT2D eigenvalue weighted by molar-refractivity contribution is 6.30. The van der Waals surface area contributed by atoms with Gasteiger partial charge in [-0.3, -0.25) is 9.20 Å². The van der Waals surface area contributed by atoms with Gasteiger partial charge in [-0.1, -0.05) is 35.3 Å². The average molecular weight is 415 g/mol. The Bertz CT molecular complexity index is 1160. The summed E-state index contributed by atoms with van der Waals surface area (Å²) in [5.74, 6) is 0.0291. The maximum absolute atomic E-state index is 12.4. The normalized spacial score (nSPS) is 11.1. The summed E-state index contributed by atoms with van der Waals surface area (Å²) in [6.45, 7) is 0.300. The fourth-order valence-corrected chi connectivity index (χ4v) is 3.23. The minimum Gasteiger partial charge on any atom is -0.342 e. The predicted molar refractivity (Wildman–Crippen MR) is 108 cm³/mol. The predicted octanol–water partition coefficient (Wildman–Crippen LogP) is 3.65. The van der Waals surface area contributed by atoms with Gasteiger partial charge in [-0.2, -0.15) is 5.10 Å². The molecule has 9 heteroatoms. The fourth-order valence-electron chi connectivity index (χ4n) is 2.94. The molecular formula is C19H16Cl2N6O. The number of hydrogen-bond acceptors (Lipinski definition) is 4. The highest BCUT2D eigenvalue weighted by Crippen LogP contribution is 2.27. The monoisotopic (exact) mass is 414 g/mol. The lowest BCUT2D eigenvalue weighted by Gasteiger charge is -2.12. The highest BCUT2D eigenvalue weighted by Gasteiger charge is 2.20. The molecule has 4 rings (SSSR count). The van der Waals surface area contributed by atoms with Gasteiger partial charge in [0.1, 0.15) is 12.0 Å². The van der Waals surface area contributed by atoms with Crippen LogP contribution in [0.3, 0.4) is 0 Å². The number of imidazole rings is 1. The molecule has 4 aromatic rings. The number of amides is 1. The summed E-state index contributed by atoms with van der Waals surface area (Å²) in [5.41, 5.74) is 3.24. The Morgan fingerprint density at radius 3 is 2.50 bits per heavy atom. The molecule has 0 fully saturated rings. The molecule has 3 aromatic heterocycles. The van der Waals surface area contributed by atoms with Crippen LogP contribution in [0.2, 0.25) is 10.0 Å². The number of carbonyl (C=O) groups excluding carboxylic acids is 1. The molecule has 0 N–H and O–H groups in total. The third-order valence-electron chi connectivity index (χ3n) is 4.31. The molecule has 0 atom stereocenters. The third kappa shape index (κ3) is 3.34. The summed E-state index contributed by atoms with van der Waals surface area (Å²) in [6.07, 6.45) is 3.16. The molecule has 0 spiro atoms.